The van der Waals surface area contributed by atoms with Gasteiger partial charge in [0.05, 0.1) is 5.69 Å². The van der Waals surface area contributed by atoms with Gasteiger partial charge in [-0.25, -0.2) is 4.98 Å². The van der Waals surface area contributed by atoms with Crippen LogP contribution >= 0.6 is 11.3 Å². The van der Waals surface area contributed by atoms with Crippen LogP contribution in [0.15, 0.2) is 35.7 Å². The molecule has 5 heteroatoms. The van der Waals surface area contributed by atoms with Gasteiger partial charge in [0.15, 0.2) is 5.13 Å². The number of thiazole rings is 1. The van der Waals surface area contributed by atoms with Crippen LogP contribution in [-0.2, 0) is 4.79 Å². The van der Waals surface area contributed by atoms with Gasteiger partial charge in [0, 0.05) is 30.5 Å². The molecule has 0 radical (unpaired) electrons. The zero-order chi connectivity index (χ0) is 14.7. The summed E-state index contributed by atoms with van der Waals surface area (Å²) < 4.78 is 0. The molecule has 0 aliphatic carbocycles. The summed E-state index contributed by atoms with van der Waals surface area (Å²) in [5, 5.41) is 12.0. The number of piperidine rings is 1. The third kappa shape index (κ3) is 3.42. The van der Waals surface area contributed by atoms with Gasteiger partial charge in [0.2, 0.25) is 0 Å². The Morgan fingerprint density at radius 3 is 2.95 bits per heavy atom. The predicted molar refractivity (Wildman–Crippen MR) is 84.7 cm³/mol. The van der Waals surface area contributed by atoms with E-state index in [1.54, 1.807) is 11.3 Å². The summed E-state index contributed by atoms with van der Waals surface area (Å²) in [6.45, 7) is 1.77. The van der Waals surface area contributed by atoms with Crippen LogP contribution in [0.5, 0.6) is 0 Å². The maximum atomic E-state index is 10.9. The van der Waals surface area contributed by atoms with Crippen molar-refractivity contribution in [3.05, 3.63) is 35.7 Å². The zero-order valence-corrected chi connectivity index (χ0v) is 12.6. The van der Waals surface area contributed by atoms with Gasteiger partial charge < -0.3 is 10.0 Å². The number of hydrogen-bond acceptors (Lipinski definition) is 4. The minimum Gasteiger partial charge on any atom is -0.481 e. The summed E-state index contributed by atoms with van der Waals surface area (Å²) in [5.41, 5.74) is 2.12. The summed E-state index contributed by atoms with van der Waals surface area (Å²) in [4.78, 5) is 17.8. The first-order valence-electron chi connectivity index (χ1n) is 7.20. The van der Waals surface area contributed by atoms with Gasteiger partial charge in [-0.05, 0) is 18.8 Å². The second kappa shape index (κ2) is 6.26. The van der Waals surface area contributed by atoms with E-state index in [9.17, 15) is 4.79 Å². The molecule has 21 heavy (non-hydrogen) atoms. The summed E-state index contributed by atoms with van der Waals surface area (Å²) in [6, 6.07) is 10.1. The van der Waals surface area contributed by atoms with Crippen molar-refractivity contribution in [1.82, 2.24) is 4.98 Å². The third-order valence-electron chi connectivity index (χ3n) is 3.81. The molecule has 1 aromatic carbocycles. The lowest BCUT2D eigenvalue weighted by Crippen LogP contribution is -2.36. The Morgan fingerprint density at radius 1 is 1.38 bits per heavy atom. The van der Waals surface area contributed by atoms with Crippen molar-refractivity contribution in [2.45, 2.75) is 19.3 Å². The van der Waals surface area contributed by atoms with Crippen molar-refractivity contribution in [3.63, 3.8) is 0 Å². The number of hydrogen-bond donors (Lipinski definition) is 1. The molecule has 1 aromatic heterocycles. The predicted octanol–water partition coefficient (Wildman–Crippen LogP) is 3.50. The van der Waals surface area contributed by atoms with Crippen LogP contribution in [0.25, 0.3) is 11.3 Å². The normalized spacial score (nSPS) is 18.7. The van der Waals surface area contributed by atoms with E-state index >= 15 is 0 Å². The van der Waals surface area contributed by atoms with Gasteiger partial charge in [-0.3, -0.25) is 4.79 Å². The highest BCUT2D eigenvalue weighted by molar-refractivity contribution is 7.14. The molecule has 1 N–H and O–H groups in total. The number of aliphatic carboxylic acids is 1. The van der Waals surface area contributed by atoms with Crippen molar-refractivity contribution in [3.8, 4) is 11.3 Å². The smallest absolute Gasteiger partial charge is 0.303 e. The molecule has 0 amide bonds. The van der Waals surface area contributed by atoms with Gasteiger partial charge in [-0.2, -0.15) is 0 Å². The Labute approximate surface area is 128 Å². The fraction of sp³-hybridized carbons (Fsp3) is 0.375. The summed E-state index contributed by atoms with van der Waals surface area (Å²) >= 11 is 1.64. The van der Waals surface area contributed by atoms with E-state index in [2.05, 4.69) is 22.4 Å². The van der Waals surface area contributed by atoms with Crippen LogP contribution in [0.1, 0.15) is 19.3 Å². The molecule has 110 valence electrons. The van der Waals surface area contributed by atoms with Gasteiger partial charge >= 0.3 is 5.97 Å². The lowest BCUT2D eigenvalue weighted by molar-refractivity contribution is -0.138. The largest absolute Gasteiger partial charge is 0.481 e. The minimum atomic E-state index is -0.703. The summed E-state index contributed by atoms with van der Waals surface area (Å²) in [5.74, 6) is -0.466. The monoisotopic (exact) mass is 302 g/mol. The number of carbonyl (C=O) groups is 1. The van der Waals surface area contributed by atoms with Crippen molar-refractivity contribution < 1.29 is 9.90 Å². The number of nitrogens with zero attached hydrogens (tertiary/aromatic N) is 2. The maximum Gasteiger partial charge on any atom is 0.303 e. The van der Waals surface area contributed by atoms with E-state index in [4.69, 9.17) is 10.1 Å². The molecular weight excluding hydrogens is 284 g/mol. The lowest BCUT2D eigenvalue weighted by Gasteiger charge is -2.31. The molecule has 0 spiro atoms. The minimum absolute atomic E-state index is 0.236. The first-order valence-corrected chi connectivity index (χ1v) is 8.08. The molecule has 4 nitrogen and oxygen atoms in total. The van der Waals surface area contributed by atoms with Crippen molar-refractivity contribution in [2.75, 3.05) is 18.0 Å². The molecule has 0 bridgehead atoms. The first kappa shape index (κ1) is 14.1. The van der Waals surface area contributed by atoms with Gasteiger partial charge in [0.1, 0.15) is 0 Å². The topological polar surface area (TPSA) is 53.4 Å². The van der Waals surface area contributed by atoms with Gasteiger partial charge in [-0.15, -0.1) is 11.3 Å². The fourth-order valence-electron chi connectivity index (χ4n) is 2.80. The molecule has 1 aliphatic heterocycles. The van der Waals surface area contributed by atoms with E-state index in [1.165, 1.54) is 0 Å². The van der Waals surface area contributed by atoms with Crippen LogP contribution in [-0.4, -0.2) is 29.1 Å². The Morgan fingerprint density at radius 2 is 2.19 bits per heavy atom. The number of benzene rings is 1. The Balaban J connectivity index is 1.72. The van der Waals surface area contributed by atoms with E-state index in [0.29, 0.717) is 0 Å². The highest BCUT2D eigenvalue weighted by atomic mass is 32.1. The Kier molecular flexibility index (Phi) is 4.20. The molecule has 1 saturated heterocycles. The van der Waals surface area contributed by atoms with Crippen LogP contribution in [0, 0.1) is 5.92 Å². The van der Waals surface area contributed by atoms with Crippen LogP contribution in [0.2, 0.25) is 0 Å². The number of carboxylic acids is 1. The molecule has 2 aromatic rings. The highest BCUT2D eigenvalue weighted by Crippen LogP contribution is 2.30. The number of rotatable bonds is 4. The summed E-state index contributed by atoms with van der Waals surface area (Å²) in [6.07, 6.45) is 2.30. The van der Waals surface area contributed by atoms with Gasteiger partial charge in [0.25, 0.3) is 0 Å². The standard InChI is InChI=1S/C16H18N2O2S/c19-15(20)9-12-5-4-8-18(10-12)16-17-14(11-21-16)13-6-2-1-3-7-13/h1-3,6-7,11-12H,4-5,8-10H2,(H,19,20). The molecule has 1 aliphatic rings. The SMILES string of the molecule is O=C(O)CC1CCCN(c2nc(-c3ccccc3)cs2)C1. The molecule has 1 fully saturated rings. The third-order valence-corrected chi connectivity index (χ3v) is 4.72. The number of anilines is 1. The Bertz CT molecular complexity index is 612. The quantitative estimate of drug-likeness (QED) is 0.939. The summed E-state index contributed by atoms with van der Waals surface area (Å²) in [7, 11) is 0. The van der Waals surface area contributed by atoms with E-state index < -0.39 is 5.97 Å². The zero-order valence-electron chi connectivity index (χ0n) is 11.7. The fourth-order valence-corrected chi connectivity index (χ4v) is 3.68. The second-order valence-electron chi connectivity index (χ2n) is 5.43. The Hall–Kier alpha value is -1.88. The molecular formula is C16H18N2O2S. The molecule has 1 unspecified atom stereocenters. The van der Waals surface area contributed by atoms with Crippen LogP contribution in [0.3, 0.4) is 0 Å². The van der Waals surface area contributed by atoms with E-state index in [0.717, 1.165) is 42.3 Å². The second-order valence-corrected chi connectivity index (χ2v) is 6.27. The van der Waals surface area contributed by atoms with Crippen molar-refractivity contribution in [1.29, 1.82) is 0 Å². The first-order chi connectivity index (χ1) is 10.2. The number of aromatic nitrogens is 1. The van der Waals surface area contributed by atoms with Gasteiger partial charge in [-0.1, -0.05) is 30.3 Å². The average Bonchev–Trinajstić information content (AvgIpc) is 2.98. The van der Waals surface area contributed by atoms with Crippen LogP contribution in [0.4, 0.5) is 5.13 Å². The average molecular weight is 302 g/mol. The maximum absolute atomic E-state index is 10.9. The highest BCUT2D eigenvalue weighted by Gasteiger charge is 2.23. The van der Waals surface area contributed by atoms with Crippen LogP contribution < -0.4 is 4.90 Å². The molecule has 0 saturated carbocycles. The van der Waals surface area contributed by atoms with Crippen molar-refractivity contribution >= 4 is 22.4 Å². The van der Waals surface area contributed by atoms with E-state index in [1.807, 2.05) is 18.2 Å². The lowest BCUT2D eigenvalue weighted by atomic mass is 9.95. The van der Waals surface area contributed by atoms with E-state index in [-0.39, 0.29) is 12.3 Å². The number of carboxylic acid groups (broad SMARTS) is 1. The molecule has 3 rings (SSSR count). The molecule has 2 heterocycles. The van der Waals surface area contributed by atoms with Crippen molar-refractivity contribution in [2.24, 2.45) is 5.92 Å². The molecule has 1 atom stereocenters.